The van der Waals surface area contributed by atoms with Crippen molar-refractivity contribution in [2.24, 2.45) is 53.3 Å². The predicted octanol–water partition coefficient (Wildman–Crippen LogP) is 15.3. The van der Waals surface area contributed by atoms with Crippen LogP contribution in [0.3, 0.4) is 0 Å². The fourth-order valence-electron chi connectivity index (χ4n) is 21.5. The molecule has 16 heteroatoms. The SMILES string of the molecule is COc1cc2c(cc1O)C1CC(O)C3Cc4cc(O)c5cc4C4CC(CC(OC(C)=O)C(C2)C1(c1ccc2ccccc2c1)C43)OC(=O)C12CC(CSSC(O)CO5)C3C4C#CC5Cc6ccccc6CSSC3C(CCC5NCc3cccc(c3)-c3cc(O)cc5ccc1cc35)CC42. The van der Waals surface area contributed by atoms with E-state index in [9.17, 15) is 30.3 Å². The number of fused-ring (bicyclic) bond motifs is 9. The van der Waals surface area contributed by atoms with Gasteiger partial charge in [0.15, 0.2) is 23.0 Å². The minimum Gasteiger partial charge on any atom is -0.508 e. The number of benzene rings is 8. The summed E-state index contributed by atoms with van der Waals surface area (Å²) in [6, 6.07) is 50.3. The summed E-state index contributed by atoms with van der Waals surface area (Å²) in [5.41, 5.74) is 7.86. The lowest BCUT2D eigenvalue weighted by Crippen LogP contribution is -2.65. The lowest BCUT2D eigenvalue weighted by atomic mass is 9.38. The van der Waals surface area contributed by atoms with Crippen molar-refractivity contribution in [1.82, 2.24) is 5.32 Å². The van der Waals surface area contributed by atoms with Crippen LogP contribution in [0.4, 0.5) is 0 Å². The Hall–Kier alpha value is -6.94. The predicted molar refractivity (Wildman–Crippen MR) is 392 cm³/mol. The number of phenolic OH excluding ortho intramolecular Hbond substituents is 3. The van der Waals surface area contributed by atoms with Crippen molar-refractivity contribution in [2.45, 2.75) is 141 Å². The van der Waals surface area contributed by atoms with Crippen LogP contribution in [0.15, 0.2) is 146 Å². The van der Waals surface area contributed by atoms with Crippen molar-refractivity contribution in [3.05, 3.63) is 196 Å². The maximum Gasteiger partial charge on any atom is 0.317 e. The summed E-state index contributed by atoms with van der Waals surface area (Å²) in [7, 11) is 8.50. The third-order valence-corrected chi connectivity index (χ3v) is 30.9. The molecule has 5 aliphatic heterocycles. The first-order valence-electron chi connectivity index (χ1n) is 35.6. The van der Waals surface area contributed by atoms with E-state index in [0.29, 0.717) is 43.7 Å². The topological polar surface area (TPSA) is 184 Å². The van der Waals surface area contributed by atoms with E-state index in [1.807, 2.05) is 58.0 Å². The number of aliphatic hydroxyl groups is 2. The van der Waals surface area contributed by atoms with Gasteiger partial charge in [-0.3, -0.25) is 9.59 Å². The van der Waals surface area contributed by atoms with Gasteiger partial charge in [-0.15, -0.1) is 0 Å². The molecule has 8 aromatic carbocycles. The average molecular weight is 1400 g/mol. The number of hydrogen-bond donors (Lipinski definition) is 6. The van der Waals surface area contributed by atoms with E-state index in [4.69, 9.17) is 18.9 Å². The number of phenols is 3. The zero-order chi connectivity index (χ0) is 67.2. The normalized spacial score (nSPS) is 34.0. The van der Waals surface area contributed by atoms with E-state index >= 15 is 4.79 Å². The number of aliphatic hydroxyl groups excluding tert-OH is 2. The monoisotopic (exact) mass is 1400 g/mol. The van der Waals surface area contributed by atoms with E-state index in [2.05, 4.69) is 120 Å². The van der Waals surface area contributed by atoms with Crippen LogP contribution in [0.25, 0.3) is 32.7 Å². The van der Waals surface area contributed by atoms with E-state index in [0.717, 1.165) is 103 Å². The Morgan fingerprint density at radius 3 is 2.40 bits per heavy atom. The zero-order valence-electron chi connectivity index (χ0n) is 55.4. The number of hydrogen-bond acceptors (Lipinski definition) is 16. The molecule has 4 fully saturated rings. The van der Waals surface area contributed by atoms with Crippen LogP contribution in [0.5, 0.6) is 28.7 Å². The van der Waals surface area contributed by atoms with E-state index in [1.165, 1.54) is 28.8 Å². The molecule has 1 spiro atoms. The van der Waals surface area contributed by atoms with Crippen molar-refractivity contribution in [3.8, 4) is 51.7 Å². The molecule has 0 aromatic heterocycles. The molecule has 17 bridgehead atoms. The van der Waals surface area contributed by atoms with Gasteiger partial charge in [0, 0.05) is 65.9 Å². The molecule has 99 heavy (non-hydrogen) atoms. The Bertz CT molecular complexity index is 4650. The highest BCUT2D eigenvalue weighted by molar-refractivity contribution is 8.77. The molecule has 7 aliphatic carbocycles. The van der Waals surface area contributed by atoms with Gasteiger partial charge in [0.05, 0.1) is 18.6 Å². The summed E-state index contributed by atoms with van der Waals surface area (Å²) in [5, 5.41) is 69.5. The molecule has 19 atom stereocenters. The lowest BCUT2D eigenvalue weighted by Gasteiger charge is -2.66. The van der Waals surface area contributed by atoms with Gasteiger partial charge < -0.3 is 49.8 Å². The first-order valence-corrected chi connectivity index (χ1v) is 40.3. The highest BCUT2D eigenvalue weighted by atomic mass is 33.1. The quantitative estimate of drug-likeness (QED) is 0.0557. The summed E-state index contributed by atoms with van der Waals surface area (Å²) in [6.07, 6.45) is 2.74. The molecule has 508 valence electrons. The van der Waals surface area contributed by atoms with Gasteiger partial charge in [0.2, 0.25) is 0 Å². The molecule has 6 N–H and O–H groups in total. The molecule has 4 saturated carbocycles. The Morgan fingerprint density at radius 2 is 1.54 bits per heavy atom. The highest BCUT2D eigenvalue weighted by Gasteiger charge is 2.69. The maximum absolute atomic E-state index is 18.0. The van der Waals surface area contributed by atoms with Crippen LogP contribution < -0.4 is 14.8 Å². The molecule has 0 saturated heterocycles. The van der Waals surface area contributed by atoms with Gasteiger partial charge in [-0.2, -0.15) is 0 Å². The molecule has 0 amide bonds. The van der Waals surface area contributed by atoms with Crippen molar-refractivity contribution >= 4 is 76.7 Å². The van der Waals surface area contributed by atoms with E-state index in [1.54, 1.807) is 24.0 Å². The van der Waals surface area contributed by atoms with Gasteiger partial charge in [-0.25, -0.2) is 0 Å². The Balaban J connectivity index is 0.887. The molecular formula is C83H81NO11S4. The van der Waals surface area contributed by atoms with E-state index < -0.39 is 70.1 Å². The third kappa shape index (κ3) is 10.7. The molecule has 19 unspecified atom stereocenters. The summed E-state index contributed by atoms with van der Waals surface area (Å²) < 4.78 is 27.4. The van der Waals surface area contributed by atoms with Crippen LogP contribution in [0.1, 0.15) is 114 Å². The smallest absolute Gasteiger partial charge is 0.317 e. The summed E-state index contributed by atoms with van der Waals surface area (Å²) in [5.74, 6) is 6.93. The Morgan fingerprint density at radius 1 is 0.707 bits per heavy atom. The largest absolute Gasteiger partial charge is 0.508 e. The van der Waals surface area contributed by atoms with Crippen molar-refractivity contribution < 1.29 is 54.1 Å². The standard InChI is InChI=1S/C83H81NO11S4/c1-43(85)94-74-34-59-33-65-63-36-76(72(88)29-53(63)26-66-71(87)37-68-64-35-73(89)75(92-2)30-54(64)28-69(74)83(68,79(65)66)57-19-14-45-9-3-4-11-47(45)24-57)93-40-77(90)98-96-42-55-38-82(81(91)95-59)56-18-15-49-25-58(86)32-62(61(49)31-56)48-13-7-8-44(22-48)39-84-70-21-17-51-27-67(82)60-20-16-50(70)23-46-10-5-6-12-52(46)41-97-99-80(51)78(55)60/h3-15,18-19,22,24-25,29-32,35-36,50-51,55,59-60,65-71,74,77-80,84,86-90H,17,21,23,26-28,33-34,37-42H2,1-2H3. The fraction of sp³-hybridized carbons (Fsp3) is 0.422. The van der Waals surface area contributed by atoms with Crippen LogP contribution >= 0.6 is 43.2 Å². The first kappa shape index (κ1) is 64.2. The third-order valence-electron chi connectivity index (χ3n) is 25.4. The molecule has 12 aliphatic rings. The lowest BCUT2D eigenvalue weighted by molar-refractivity contribution is -0.179. The molecular weight excluding hydrogens is 1320 g/mol. The molecule has 20 rings (SSSR count). The second kappa shape index (κ2) is 25.2. The molecule has 5 heterocycles. The summed E-state index contributed by atoms with van der Waals surface area (Å²) in [4.78, 5) is 32.4. The fourth-order valence-corrected chi connectivity index (χ4v) is 27.3. The summed E-state index contributed by atoms with van der Waals surface area (Å²) >= 11 is 0. The van der Waals surface area contributed by atoms with Crippen LogP contribution in [0, 0.1) is 65.1 Å². The summed E-state index contributed by atoms with van der Waals surface area (Å²) in [6.45, 7) is 2.01. The van der Waals surface area contributed by atoms with Crippen LogP contribution in [0.2, 0.25) is 0 Å². The average Bonchev–Trinajstić information content (AvgIpc) is 0.695. The van der Waals surface area contributed by atoms with Gasteiger partial charge >= 0.3 is 11.9 Å². The minimum absolute atomic E-state index is 0.00185. The number of rotatable bonds is 3. The van der Waals surface area contributed by atoms with Gasteiger partial charge in [-0.1, -0.05) is 152 Å². The van der Waals surface area contributed by atoms with Gasteiger partial charge in [-0.05, 0) is 236 Å². The second-order valence-corrected chi connectivity index (χ2v) is 35.4. The van der Waals surface area contributed by atoms with Crippen LogP contribution in [-0.2, 0) is 61.5 Å². The number of carbonyl (C=O) groups excluding carboxylic acids is 2. The zero-order valence-corrected chi connectivity index (χ0v) is 58.7. The number of esters is 2. The maximum atomic E-state index is 18.0. The number of methoxy groups -OCH3 is 1. The van der Waals surface area contributed by atoms with Crippen molar-refractivity contribution in [3.63, 3.8) is 0 Å². The Labute approximate surface area is 593 Å². The van der Waals surface area contributed by atoms with E-state index in [-0.39, 0.29) is 95.2 Å². The second-order valence-electron chi connectivity index (χ2n) is 30.2. The number of ether oxygens (including phenoxy) is 4. The number of nitrogens with one attached hydrogen (secondary N) is 1. The number of aromatic hydroxyl groups is 3. The first-order chi connectivity index (χ1) is 48.2. The Kier molecular flexibility index (Phi) is 16.4. The van der Waals surface area contributed by atoms with Crippen molar-refractivity contribution in [2.75, 3.05) is 19.5 Å². The minimum atomic E-state index is -1.31. The van der Waals surface area contributed by atoms with Crippen molar-refractivity contribution in [1.29, 1.82) is 0 Å². The molecule has 12 nitrogen and oxygen atoms in total. The van der Waals surface area contributed by atoms with Gasteiger partial charge in [0.1, 0.15) is 30.0 Å². The van der Waals surface area contributed by atoms with Gasteiger partial charge in [0.25, 0.3) is 0 Å². The van der Waals surface area contributed by atoms with Crippen LogP contribution in [-0.4, -0.2) is 92.0 Å². The highest BCUT2D eigenvalue weighted by Crippen LogP contribution is 2.71. The molecule has 8 aromatic rings. The number of carbonyl (C=O) groups is 2. The molecule has 0 radical (unpaired) electrons.